The Morgan fingerprint density at radius 2 is 1.62 bits per heavy atom. The molecule has 1 aliphatic rings. The van der Waals surface area contributed by atoms with E-state index in [4.69, 9.17) is 20.7 Å². The topological polar surface area (TPSA) is 83.6 Å². The molecule has 0 atom stereocenters. The Morgan fingerprint density at radius 3 is 1.85 bits per heavy atom. The van der Waals surface area contributed by atoms with Crippen LogP contribution in [0.3, 0.4) is 0 Å². The Balaban J connectivity index is 0.000000310. The zero-order valence-electron chi connectivity index (χ0n) is 7.04. The number of hydrogen-bond donors (Lipinski definition) is 3. The summed E-state index contributed by atoms with van der Waals surface area (Å²) in [5.74, 6) is -2.42. The zero-order chi connectivity index (χ0) is 10.5. The molecular formula is C7H13F2NO3. The summed E-state index contributed by atoms with van der Waals surface area (Å²) in [5, 5.41) is 13.9. The molecule has 0 aromatic heterocycles. The Hall–Kier alpha value is -0.910. The second-order valence-electron chi connectivity index (χ2n) is 2.98. The molecule has 78 valence electrons. The van der Waals surface area contributed by atoms with Crippen LogP contribution in [0, 0.1) is 0 Å². The molecule has 0 saturated heterocycles. The number of carboxylic acid groups (broad SMARTS) is 2. The Bertz CT molecular complexity index is 161. The molecule has 0 aliphatic heterocycles. The van der Waals surface area contributed by atoms with Crippen LogP contribution in [0.4, 0.5) is 13.6 Å². The van der Waals surface area contributed by atoms with Crippen LogP contribution in [-0.4, -0.2) is 28.3 Å². The minimum absolute atomic E-state index is 0.0182. The van der Waals surface area contributed by atoms with Gasteiger partial charge >= 0.3 is 6.16 Å². The van der Waals surface area contributed by atoms with Gasteiger partial charge in [0.25, 0.3) is 0 Å². The van der Waals surface area contributed by atoms with E-state index in [0.717, 1.165) is 0 Å². The van der Waals surface area contributed by atoms with Gasteiger partial charge in [0, 0.05) is 18.9 Å². The van der Waals surface area contributed by atoms with Crippen molar-refractivity contribution >= 4 is 6.16 Å². The van der Waals surface area contributed by atoms with Crippen molar-refractivity contribution < 1.29 is 23.8 Å². The molecule has 0 aromatic carbocycles. The lowest BCUT2D eigenvalue weighted by Gasteiger charge is -2.25. The summed E-state index contributed by atoms with van der Waals surface area (Å²) < 4.78 is 24.6. The molecule has 13 heavy (non-hydrogen) atoms. The number of halogens is 2. The summed E-state index contributed by atoms with van der Waals surface area (Å²) >= 11 is 0. The van der Waals surface area contributed by atoms with Gasteiger partial charge in [-0.25, -0.2) is 13.6 Å². The monoisotopic (exact) mass is 197 g/mol. The average molecular weight is 197 g/mol. The van der Waals surface area contributed by atoms with Gasteiger partial charge in [-0.1, -0.05) is 0 Å². The van der Waals surface area contributed by atoms with Crippen LogP contribution in [0.5, 0.6) is 0 Å². The van der Waals surface area contributed by atoms with Crippen molar-refractivity contribution in [2.45, 2.75) is 37.6 Å². The maximum absolute atomic E-state index is 12.3. The van der Waals surface area contributed by atoms with E-state index in [9.17, 15) is 8.78 Å². The first kappa shape index (κ1) is 12.1. The Labute approximate surface area is 74.3 Å². The highest BCUT2D eigenvalue weighted by Gasteiger charge is 2.33. The van der Waals surface area contributed by atoms with Crippen LogP contribution in [0.1, 0.15) is 25.7 Å². The fourth-order valence-corrected chi connectivity index (χ4v) is 1.06. The van der Waals surface area contributed by atoms with Crippen molar-refractivity contribution in [2.24, 2.45) is 5.73 Å². The average Bonchev–Trinajstić information content (AvgIpc) is 1.95. The largest absolute Gasteiger partial charge is 0.503 e. The SMILES string of the molecule is NC1CCC(F)(F)CC1.O=C(O)O. The molecule has 1 fully saturated rings. The lowest BCUT2D eigenvalue weighted by Crippen LogP contribution is -2.32. The van der Waals surface area contributed by atoms with E-state index in [1.165, 1.54) is 0 Å². The van der Waals surface area contributed by atoms with Crippen LogP contribution in [-0.2, 0) is 0 Å². The molecule has 0 spiro atoms. The molecule has 0 unspecified atom stereocenters. The number of nitrogens with two attached hydrogens (primary N) is 1. The first-order valence-corrected chi connectivity index (χ1v) is 3.89. The second kappa shape index (κ2) is 4.96. The van der Waals surface area contributed by atoms with E-state index in [1.807, 2.05) is 0 Å². The highest BCUT2D eigenvalue weighted by molar-refractivity contribution is 5.53. The first-order valence-electron chi connectivity index (χ1n) is 3.89. The van der Waals surface area contributed by atoms with E-state index in [-0.39, 0.29) is 18.9 Å². The van der Waals surface area contributed by atoms with Gasteiger partial charge in [0.05, 0.1) is 0 Å². The molecule has 4 nitrogen and oxygen atoms in total. The van der Waals surface area contributed by atoms with Gasteiger partial charge in [-0.15, -0.1) is 0 Å². The zero-order valence-corrected chi connectivity index (χ0v) is 7.04. The molecule has 0 amide bonds. The summed E-state index contributed by atoms with van der Waals surface area (Å²) in [4.78, 5) is 8.56. The fourth-order valence-electron chi connectivity index (χ4n) is 1.06. The number of alkyl halides is 2. The summed E-state index contributed by atoms with van der Waals surface area (Å²) in [5.41, 5.74) is 5.42. The maximum atomic E-state index is 12.3. The molecular weight excluding hydrogens is 184 g/mol. The van der Waals surface area contributed by atoms with Gasteiger partial charge in [0.1, 0.15) is 0 Å². The standard InChI is InChI=1S/C6H11F2N.CH2O3/c7-6(8)3-1-5(9)2-4-6;2-1(3)4/h5H,1-4,9H2;(H2,2,3,4). The normalized spacial score (nSPS) is 21.5. The van der Waals surface area contributed by atoms with Gasteiger partial charge in [-0.2, -0.15) is 0 Å². The molecule has 0 heterocycles. The number of rotatable bonds is 0. The third kappa shape index (κ3) is 7.45. The molecule has 1 saturated carbocycles. The van der Waals surface area contributed by atoms with E-state index in [2.05, 4.69) is 0 Å². The minimum atomic E-state index is -2.42. The molecule has 1 rings (SSSR count). The van der Waals surface area contributed by atoms with Crippen LogP contribution in [0.25, 0.3) is 0 Å². The van der Waals surface area contributed by atoms with E-state index < -0.39 is 12.1 Å². The summed E-state index contributed by atoms with van der Waals surface area (Å²) in [7, 11) is 0. The minimum Gasteiger partial charge on any atom is -0.450 e. The van der Waals surface area contributed by atoms with E-state index in [0.29, 0.717) is 12.8 Å². The first-order chi connectivity index (χ1) is 5.83. The fraction of sp³-hybridized carbons (Fsp3) is 0.857. The van der Waals surface area contributed by atoms with Gasteiger partial charge in [0.15, 0.2) is 0 Å². The van der Waals surface area contributed by atoms with Crippen molar-refractivity contribution in [3.05, 3.63) is 0 Å². The summed E-state index contributed by atoms with van der Waals surface area (Å²) in [6.45, 7) is 0. The lowest BCUT2D eigenvalue weighted by molar-refractivity contribution is -0.0375. The Kier molecular flexibility index (Phi) is 4.61. The van der Waals surface area contributed by atoms with Crippen molar-refractivity contribution in [1.82, 2.24) is 0 Å². The summed E-state index contributed by atoms with van der Waals surface area (Å²) in [6.07, 6.45) is -0.914. The van der Waals surface area contributed by atoms with Crippen molar-refractivity contribution in [2.75, 3.05) is 0 Å². The predicted molar refractivity (Wildman–Crippen MR) is 42.0 cm³/mol. The van der Waals surface area contributed by atoms with Gasteiger partial charge in [0.2, 0.25) is 5.92 Å². The number of hydrogen-bond acceptors (Lipinski definition) is 2. The van der Waals surface area contributed by atoms with E-state index >= 15 is 0 Å². The van der Waals surface area contributed by atoms with Gasteiger partial charge in [-0.3, -0.25) is 0 Å². The molecule has 4 N–H and O–H groups in total. The maximum Gasteiger partial charge on any atom is 0.503 e. The second-order valence-corrected chi connectivity index (χ2v) is 2.98. The summed E-state index contributed by atoms with van der Waals surface area (Å²) in [6, 6.07) is 0.0182. The number of carbonyl (C=O) groups is 1. The van der Waals surface area contributed by atoms with Crippen LogP contribution < -0.4 is 5.73 Å². The van der Waals surface area contributed by atoms with Gasteiger partial charge in [-0.05, 0) is 12.8 Å². The van der Waals surface area contributed by atoms with Crippen LogP contribution >= 0.6 is 0 Å². The molecule has 6 heteroatoms. The smallest absolute Gasteiger partial charge is 0.450 e. The molecule has 0 radical (unpaired) electrons. The van der Waals surface area contributed by atoms with Crippen LogP contribution in [0.2, 0.25) is 0 Å². The third-order valence-corrected chi connectivity index (χ3v) is 1.76. The van der Waals surface area contributed by atoms with Gasteiger partial charge < -0.3 is 15.9 Å². The van der Waals surface area contributed by atoms with Crippen molar-refractivity contribution in [3.63, 3.8) is 0 Å². The van der Waals surface area contributed by atoms with E-state index in [1.54, 1.807) is 0 Å². The van der Waals surface area contributed by atoms with Crippen molar-refractivity contribution in [3.8, 4) is 0 Å². The quantitative estimate of drug-likeness (QED) is 0.552. The molecule has 0 bridgehead atoms. The third-order valence-electron chi connectivity index (χ3n) is 1.76. The Morgan fingerprint density at radius 1 is 1.31 bits per heavy atom. The van der Waals surface area contributed by atoms with Crippen molar-refractivity contribution in [1.29, 1.82) is 0 Å². The predicted octanol–water partition coefficient (Wildman–Crippen LogP) is 1.75. The lowest BCUT2D eigenvalue weighted by atomic mass is 9.93. The molecule has 1 aliphatic carbocycles. The molecule has 0 aromatic rings. The highest BCUT2D eigenvalue weighted by Crippen LogP contribution is 2.31. The van der Waals surface area contributed by atoms with Crippen LogP contribution in [0.15, 0.2) is 0 Å². The highest BCUT2D eigenvalue weighted by atomic mass is 19.3.